The van der Waals surface area contributed by atoms with Crippen molar-refractivity contribution in [2.45, 2.75) is 24.0 Å². The Morgan fingerprint density at radius 2 is 1.53 bits per heavy atom. The molecule has 0 fully saturated rings. The molecule has 3 aromatic carbocycles. The van der Waals surface area contributed by atoms with Crippen LogP contribution in [-0.2, 0) is 16.6 Å². The molecule has 2 N–H and O–H groups in total. The number of benzene rings is 3. The smallest absolute Gasteiger partial charge is 0.237 e. The zero-order chi connectivity index (χ0) is 22.7. The van der Waals surface area contributed by atoms with Gasteiger partial charge in [0.05, 0.1) is 16.3 Å². The molecule has 6 nitrogen and oxygen atoms in total. The molecule has 2 amide bonds. The minimum Gasteiger partial charge on any atom is -0.327 e. The third-order valence-electron chi connectivity index (χ3n) is 5.05. The highest BCUT2D eigenvalue weighted by atomic mass is 32.2. The number of anilines is 2. The Hall–Kier alpha value is -3.58. The number of para-hydroxylation sites is 2. The van der Waals surface area contributed by atoms with Gasteiger partial charge in [-0.2, -0.15) is 0 Å². The number of hydrogen-bond donors (Lipinski definition) is 2. The van der Waals surface area contributed by atoms with E-state index >= 15 is 0 Å². The second-order valence-electron chi connectivity index (χ2n) is 7.52. The second kappa shape index (κ2) is 9.28. The summed E-state index contributed by atoms with van der Waals surface area (Å²) in [5, 5.41) is 5.43. The summed E-state index contributed by atoms with van der Waals surface area (Å²) >= 11 is 1.46. The van der Waals surface area contributed by atoms with Crippen LogP contribution in [0.2, 0.25) is 0 Å². The van der Waals surface area contributed by atoms with E-state index in [-0.39, 0.29) is 17.1 Å². The molecule has 0 saturated heterocycles. The summed E-state index contributed by atoms with van der Waals surface area (Å²) in [5.41, 5.74) is 4.50. The molecule has 1 heterocycles. The Morgan fingerprint density at radius 1 is 0.906 bits per heavy atom. The molecule has 7 heteroatoms. The number of aromatic nitrogens is 2. The summed E-state index contributed by atoms with van der Waals surface area (Å²) in [6.45, 7) is 3.34. The zero-order valence-electron chi connectivity index (χ0n) is 18.1. The number of carbonyl (C=O) groups is 2. The third kappa shape index (κ3) is 4.84. The van der Waals surface area contributed by atoms with Crippen molar-refractivity contribution in [1.29, 1.82) is 0 Å². The van der Waals surface area contributed by atoms with Crippen molar-refractivity contribution in [1.82, 2.24) is 9.55 Å². The minimum absolute atomic E-state index is 0.0728. The fraction of sp³-hybridized carbons (Fsp3) is 0.160. The lowest BCUT2D eigenvalue weighted by Crippen LogP contribution is -2.22. The molecule has 0 bridgehead atoms. The average Bonchev–Trinajstić information content (AvgIpc) is 3.12. The van der Waals surface area contributed by atoms with Gasteiger partial charge in [-0.15, -0.1) is 11.8 Å². The highest BCUT2D eigenvalue weighted by Gasteiger charge is 2.15. The first-order chi connectivity index (χ1) is 15.4. The summed E-state index contributed by atoms with van der Waals surface area (Å²) < 4.78 is 2.07. The Bertz CT molecular complexity index is 1260. The standard InChI is InChI=1S/C25H24N4O2S/c1-16(32-21-14-12-19(13-15-21)26-17(2)30)25(31)27-20-10-8-18(9-11-20)24-28-22-6-4-5-7-23(22)29(24)3/h4-16H,1-3H3,(H,26,30)(H,27,31). The SMILES string of the molecule is CC(=O)Nc1ccc(SC(C)C(=O)Nc2ccc(-c3nc4ccccc4n3C)cc2)cc1. The van der Waals surface area contributed by atoms with Crippen LogP contribution in [0, 0.1) is 0 Å². The molecule has 162 valence electrons. The van der Waals surface area contributed by atoms with E-state index < -0.39 is 0 Å². The maximum atomic E-state index is 12.7. The molecule has 0 aliphatic rings. The molecule has 4 aromatic rings. The fourth-order valence-electron chi connectivity index (χ4n) is 3.43. The van der Waals surface area contributed by atoms with Crippen LogP contribution in [0.1, 0.15) is 13.8 Å². The van der Waals surface area contributed by atoms with E-state index in [0.717, 1.165) is 38.7 Å². The Kier molecular flexibility index (Phi) is 6.28. The van der Waals surface area contributed by atoms with E-state index in [4.69, 9.17) is 4.98 Å². The van der Waals surface area contributed by atoms with Gasteiger partial charge in [0, 0.05) is 35.8 Å². The van der Waals surface area contributed by atoms with Gasteiger partial charge < -0.3 is 15.2 Å². The predicted molar refractivity (Wildman–Crippen MR) is 131 cm³/mol. The van der Waals surface area contributed by atoms with Crippen LogP contribution in [0.3, 0.4) is 0 Å². The molecule has 0 saturated carbocycles. The summed E-state index contributed by atoms with van der Waals surface area (Å²) in [4.78, 5) is 29.5. The molecule has 0 radical (unpaired) electrons. The van der Waals surface area contributed by atoms with Gasteiger partial charge in [0.15, 0.2) is 0 Å². The van der Waals surface area contributed by atoms with Crippen molar-refractivity contribution in [3.63, 3.8) is 0 Å². The lowest BCUT2D eigenvalue weighted by atomic mass is 10.2. The van der Waals surface area contributed by atoms with Crippen LogP contribution in [0.25, 0.3) is 22.4 Å². The first-order valence-corrected chi connectivity index (χ1v) is 11.2. The number of fused-ring (bicyclic) bond motifs is 1. The number of nitrogens with zero attached hydrogens (tertiary/aromatic N) is 2. The number of aryl methyl sites for hydroxylation is 1. The van der Waals surface area contributed by atoms with Crippen LogP contribution in [-0.4, -0.2) is 26.6 Å². The summed E-state index contributed by atoms with van der Waals surface area (Å²) in [5.74, 6) is 0.701. The summed E-state index contributed by atoms with van der Waals surface area (Å²) in [6.07, 6.45) is 0. The highest BCUT2D eigenvalue weighted by molar-refractivity contribution is 8.00. The van der Waals surface area contributed by atoms with E-state index in [9.17, 15) is 9.59 Å². The van der Waals surface area contributed by atoms with Crippen LogP contribution >= 0.6 is 11.8 Å². The van der Waals surface area contributed by atoms with E-state index in [1.165, 1.54) is 18.7 Å². The average molecular weight is 445 g/mol. The topological polar surface area (TPSA) is 76.0 Å². The van der Waals surface area contributed by atoms with Gasteiger partial charge in [-0.25, -0.2) is 4.98 Å². The Morgan fingerprint density at radius 3 is 2.19 bits per heavy atom. The van der Waals surface area contributed by atoms with Gasteiger partial charge in [0.2, 0.25) is 11.8 Å². The lowest BCUT2D eigenvalue weighted by molar-refractivity contribution is -0.115. The first kappa shape index (κ1) is 21.6. The number of hydrogen-bond acceptors (Lipinski definition) is 4. The molecule has 1 atom stereocenters. The van der Waals surface area contributed by atoms with Crippen LogP contribution in [0.4, 0.5) is 11.4 Å². The summed E-state index contributed by atoms with van der Waals surface area (Å²) in [6, 6.07) is 23.2. The van der Waals surface area contributed by atoms with Gasteiger partial charge in [-0.1, -0.05) is 12.1 Å². The molecule has 0 aliphatic heterocycles. The van der Waals surface area contributed by atoms with Crippen molar-refractivity contribution in [3.05, 3.63) is 72.8 Å². The maximum absolute atomic E-state index is 12.7. The van der Waals surface area contributed by atoms with E-state index in [1.54, 1.807) is 0 Å². The lowest BCUT2D eigenvalue weighted by Gasteiger charge is -2.13. The molecule has 32 heavy (non-hydrogen) atoms. The van der Waals surface area contributed by atoms with Gasteiger partial charge in [-0.3, -0.25) is 9.59 Å². The predicted octanol–water partition coefficient (Wildman–Crippen LogP) is 5.32. The molecule has 1 aromatic heterocycles. The minimum atomic E-state index is -0.277. The third-order valence-corrected chi connectivity index (χ3v) is 6.17. The van der Waals surface area contributed by atoms with Gasteiger partial charge in [-0.05, 0) is 67.6 Å². The monoisotopic (exact) mass is 444 g/mol. The Balaban J connectivity index is 1.39. The normalized spacial score (nSPS) is 11.8. The van der Waals surface area contributed by atoms with Crippen molar-refractivity contribution in [2.24, 2.45) is 7.05 Å². The van der Waals surface area contributed by atoms with E-state index in [0.29, 0.717) is 0 Å². The number of carbonyl (C=O) groups excluding carboxylic acids is 2. The number of thioether (sulfide) groups is 1. The molecule has 0 aliphatic carbocycles. The molecule has 1 unspecified atom stereocenters. The second-order valence-corrected chi connectivity index (χ2v) is 8.93. The molecular formula is C25H24N4O2S. The van der Waals surface area contributed by atoms with Crippen molar-refractivity contribution < 1.29 is 9.59 Å². The van der Waals surface area contributed by atoms with E-state index in [1.807, 2.05) is 86.8 Å². The van der Waals surface area contributed by atoms with Crippen molar-refractivity contribution in [2.75, 3.05) is 10.6 Å². The Labute approximate surface area is 191 Å². The van der Waals surface area contributed by atoms with E-state index in [2.05, 4.69) is 15.2 Å². The van der Waals surface area contributed by atoms with Crippen LogP contribution in [0.15, 0.2) is 77.7 Å². The number of rotatable bonds is 6. The number of amides is 2. The van der Waals surface area contributed by atoms with Gasteiger partial charge in [0.1, 0.15) is 5.82 Å². The van der Waals surface area contributed by atoms with Crippen LogP contribution < -0.4 is 10.6 Å². The maximum Gasteiger partial charge on any atom is 0.237 e. The highest BCUT2D eigenvalue weighted by Crippen LogP contribution is 2.27. The zero-order valence-corrected chi connectivity index (χ0v) is 18.9. The summed E-state index contributed by atoms with van der Waals surface area (Å²) in [7, 11) is 2.00. The van der Waals surface area contributed by atoms with Gasteiger partial charge in [0.25, 0.3) is 0 Å². The number of imidazole rings is 1. The van der Waals surface area contributed by atoms with Crippen molar-refractivity contribution >= 4 is 46.0 Å². The van der Waals surface area contributed by atoms with Crippen molar-refractivity contribution in [3.8, 4) is 11.4 Å². The fourth-order valence-corrected chi connectivity index (χ4v) is 4.30. The quantitative estimate of drug-likeness (QED) is 0.395. The number of nitrogens with one attached hydrogen (secondary N) is 2. The van der Waals surface area contributed by atoms with Crippen LogP contribution in [0.5, 0.6) is 0 Å². The molecule has 4 rings (SSSR count). The molecule has 0 spiro atoms. The first-order valence-electron chi connectivity index (χ1n) is 10.3. The molecular weight excluding hydrogens is 420 g/mol. The largest absolute Gasteiger partial charge is 0.327 e. The van der Waals surface area contributed by atoms with Gasteiger partial charge >= 0.3 is 0 Å².